The Labute approximate surface area is 128 Å². The molecule has 2 aromatic rings. The van der Waals surface area contributed by atoms with Crippen molar-refractivity contribution in [2.75, 3.05) is 5.32 Å². The summed E-state index contributed by atoms with van der Waals surface area (Å²) >= 11 is 14.1. The molecule has 18 heavy (non-hydrogen) atoms. The van der Waals surface area contributed by atoms with E-state index in [0.717, 1.165) is 3.57 Å². The van der Waals surface area contributed by atoms with E-state index in [1.54, 1.807) is 18.2 Å². The monoisotopic (exact) mass is 391 g/mol. The fraction of sp³-hybridized carbons (Fsp3) is 0. The summed E-state index contributed by atoms with van der Waals surface area (Å²) < 4.78 is 1.04. The molecule has 2 nitrogen and oxygen atoms in total. The summed E-state index contributed by atoms with van der Waals surface area (Å²) in [4.78, 5) is 12.1. The van der Waals surface area contributed by atoms with Crippen LogP contribution in [0.3, 0.4) is 0 Å². The average Bonchev–Trinajstić information content (AvgIpc) is 2.28. The summed E-state index contributed by atoms with van der Waals surface area (Å²) in [5.41, 5.74) is 1.00. The van der Waals surface area contributed by atoms with E-state index in [-0.39, 0.29) is 5.91 Å². The SMILES string of the molecule is O=C(Nc1cccc(I)c1)c1c(Cl)cccc1Cl. The second-order valence-corrected chi connectivity index (χ2v) is 5.62. The molecule has 0 fully saturated rings. The highest BCUT2D eigenvalue weighted by Crippen LogP contribution is 2.25. The van der Waals surface area contributed by atoms with Gasteiger partial charge in [0.25, 0.3) is 5.91 Å². The van der Waals surface area contributed by atoms with Crippen LogP contribution in [-0.4, -0.2) is 5.91 Å². The molecular formula is C13H8Cl2INO. The molecule has 0 saturated heterocycles. The molecule has 0 aliphatic heterocycles. The lowest BCUT2D eigenvalue weighted by Crippen LogP contribution is -2.13. The quantitative estimate of drug-likeness (QED) is 0.728. The number of nitrogens with one attached hydrogen (secondary N) is 1. The molecule has 92 valence electrons. The van der Waals surface area contributed by atoms with Crippen LogP contribution < -0.4 is 5.32 Å². The smallest absolute Gasteiger partial charge is 0.258 e. The molecule has 2 aromatic carbocycles. The molecule has 0 saturated carbocycles. The lowest BCUT2D eigenvalue weighted by atomic mass is 10.2. The van der Waals surface area contributed by atoms with Crippen molar-refractivity contribution in [3.05, 3.63) is 61.6 Å². The van der Waals surface area contributed by atoms with Crippen molar-refractivity contribution in [3.8, 4) is 0 Å². The zero-order valence-electron chi connectivity index (χ0n) is 9.08. The van der Waals surface area contributed by atoms with Crippen LogP contribution >= 0.6 is 45.8 Å². The molecule has 2 rings (SSSR count). The van der Waals surface area contributed by atoms with Crippen LogP contribution in [0.4, 0.5) is 5.69 Å². The largest absolute Gasteiger partial charge is 0.322 e. The molecular weight excluding hydrogens is 384 g/mol. The van der Waals surface area contributed by atoms with Gasteiger partial charge in [0.15, 0.2) is 0 Å². The van der Waals surface area contributed by atoms with E-state index in [9.17, 15) is 4.79 Å². The minimum atomic E-state index is -0.312. The molecule has 0 unspecified atom stereocenters. The van der Waals surface area contributed by atoms with Gasteiger partial charge in [-0.2, -0.15) is 0 Å². The van der Waals surface area contributed by atoms with Gasteiger partial charge in [-0.25, -0.2) is 0 Å². The van der Waals surface area contributed by atoms with Crippen LogP contribution in [-0.2, 0) is 0 Å². The third-order valence-electron chi connectivity index (χ3n) is 2.27. The van der Waals surface area contributed by atoms with Crippen LogP contribution in [0.2, 0.25) is 10.0 Å². The van der Waals surface area contributed by atoms with Gasteiger partial charge in [-0.15, -0.1) is 0 Å². The van der Waals surface area contributed by atoms with Crippen LogP contribution in [0.15, 0.2) is 42.5 Å². The lowest BCUT2D eigenvalue weighted by Gasteiger charge is -2.08. The molecule has 0 heterocycles. The summed E-state index contributed by atoms with van der Waals surface area (Å²) in [6.45, 7) is 0. The van der Waals surface area contributed by atoms with Gasteiger partial charge in [0.1, 0.15) is 0 Å². The van der Waals surface area contributed by atoms with E-state index in [1.165, 1.54) is 0 Å². The number of anilines is 1. The Balaban J connectivity index is 2.28. The van der Waals surface area contributed by atoms with Crippen molar-refractivity contribution in [3.63, 3.8) is 0 Å². The third-order valence-corrected chi connectivity index (χ3v) is 3.57. The molecule has 0 aromatic heterocycles. The van der Waals surface area contributed by atoms with Gasteiger partial charge in [0, 0.05) is 9.26 Å². The highest BCUT2D eigenvalue weighted by molar-refractivity contribution is 14.1. The predicted molar refractivity (Wildman–Crippen MR) is 83.6 cm³/mol. The lowest BCUT2D eigenvalue weighted by molar-refractivity contribution is 0.102. The van der Waals surface area contributed by atoms with E-state index in [4.69, 9.17) is 23.2 Å². The zero-order chi connectivity index (χ0) is 13.1. The molecule has 0 aliphatic carbocycles. The van der Waals surface area contributed by atoms with Gasteiger partial charge in [0.2, 0.25) is 0 Å². The number of benzene rings is 2. The Kier molecular flexibility index (Phi) is 4.48. The fourth-order valence-electron chi connectivity index (χ4n) is 1.47. The predicted octanol–water partition coefficient (Wildman–Crippen LogP) is 4.85. The molecule has 1 amide bonds. The van der Waals surface area contributed by atoms with Crippen molar-refractivity contribution < 1.29 is 4.79 Å². The Bertz CT molecular complexity index is 581. The standard InChI is InChI=1S/C13H8Cl2INO/c14-10-5-2-6-11(15)12(10)13(18)17-9-4-1-3-8(16)7-9/h1-7H,(H,17,18). The first-order valence-electron chi connectivity index (χ1n) is 5.09. The van der Waals surface area contributed by atoms with Gasteiger partial charge in [-0.3, -0.25) is 4.79 Å². The highest BCUT2D eigenvalue weighted by Gasteiger charge is 2.14. The van der Waals surface area contributed by atoms with Crippen molar-refractivity contribution >= 4 is 57.4 Å². The average molecular weight is 392 g/mol. The summed E-state index contributed by atoms with van der Waals surface area (Å²) in [5.74, 6) is -0.312. The summed E-state index contributed by atoms with van der Waals surface area (Å²) in [6, 6.07) is 12.5. The molecule has 5 heteroatoms. The van der Waals surface area contributed by atoms with Crippen molar-refractivity contribution in [1.82, 2.24) is 0 Å². The maximum absolute atomic E-state index is 12.1. The summed E-state index contributed by atoms with van der Waals surface area (Å²) in [7, 11) is 0. The highest BCUT2D eigenvalue weighted by atomic mass is 127. The third kappa shape index (κ3) is 3.16. The fourth-order valence-corrected chi connectivity index (χ4v) is 2.59. The van der Waals surface area contributed by atoms with E-state index >= 15 is 0 Å². The van der Waals surface area contributed by atoms with Gasteiger partial charge >= 0.3 is 0 Å². The van der Waals surface area contributed by atoms with Gasteiger partial charge in [0.05, 0.1) is 15.6 Å². The van der Waals surface area contributed by atoms with E-state index in [0.29, 0.717) is 21.3 Å². The molecule has 0 radical (unpaired) electrons. The Morgan fingerprint density at radius 1 is 1.06 bits per heavy atom. The van der Waals surface area contributed by atoms with Gasteiger partial charge < -0.3 is 5.32 Å². The van der Waals surface area contributed by atoms with E-state index < -0.39 is 0 Å². The van der Waals surface area contributed by atoms with E-state index in [2.05, 4.69) is 27.9 Å². The van der Waals surface area contributed by atoms with Crippen molar-refractivity contribution in [2.24, 2.45) is 0 Å². The maximum Gasteiger partial charge on any atom is 0.258 e. The number of hydrogen-bond donors (Lipinski definition) is 1. The van der Waals surface area contributed by atoms with Crippen LogP contribution in [0, 0.1) is 3.57 Å². The molecule has 1 N–H and O–H groups in total. The van der Waals surface area contributed by atoms with Crippen LogP contribution in [0.5, 0.6) is 0 Å². The number of carbonyl (C=O) groups excluding carboxylic acids is 1. The van der Waals surface area contributed by atoms with Crippen LogP contribution in [0.1, 0.15) is 10.4 Å². The topological polar surface area (TPSA) is 29.1 Å². The van der Waals surface area contributed by atoms with Gasteiger partial charge in [-0.05, 0) is 52.9 Å². The minimum absolute atomic E-state index is 0.291. The second kappa shape index (κ2) is 5.91. The zero-order valence-corrected chi connectivity index (χ0v) is 12.8. The number of carbonyl (C=O) groups is 1. The number of halogens is 3. The first kappa shape index (κ1) is 13.6. The number of hydrogen-bond acceptors (Lipinski definition) is 1. The second-order valence-electron chi connectivity index (χ2n) is 3.56. The Morgan fingerprint density at radius 3 is 2.28 bits per heavy atom. The summed E-state index contributed by atoms with van der Waals surface area (Å²) in [5, 5.41) is 3.45. The van der Waals surface area contributed by atoms with Crippen LogP contribution in [0.25, 0.3) is 0 Å². The molecule has 0 aliphatic rings. The van der Waals surface area contributed by atoms with Crippen molar-refractivity contribution in [2.45, 2.75) is 0 Å². The number of amides is 1. The molecule has 0 bridgehead atoms. The number of rotatable bonds is 2. The Hall–Kier alpha value is -0.780. The van der Waals surface area contributed by atoms with E-state index in [1.807, 2.05) is 24.3 Å². The maximum atomic E-state index is 12.1. The Morgan fingerprint density at radius 2 is 1.67 bits per heavy atom. The van der Waals surface area contributed by atoms with Gasteiger partial charge in [-0.1, -0.05) is 35.3 Å². The normalized spacial score (nSPS) is 10.2. The first-order valence-corrected chi connectivity index (χ1v) is 6.92. The molecule has 0 atom stereocenters. The molecule has 0 spiro atoms. The summed E-state index contributed by atoms with van der Waals surface area (Å²) in [6.07, 6.45) is 0. The van der Waals surface area contributed by atoms with Crippen molar-refractivity contribution in [1.29, 1.82) is 0 Å². The minimum Gasteiger partial charge on any atom is -0.322 e. The first-order chi connectivity index (χ1) is 8.58.